The first kappa shape index (κ1) is 15.0. The van der Waals surface area contributed by atoms with Crippen LogP contribution in [0.5, 0.6) is 0 Å². The van der Waals surface area contributed by atoms with Crippen LogP contribution in [0.15, 0.2) is 48.0 Å². The molecular weight excluding hydrogens is 479 g/mol. The molecule has 0 aliphatic carbocycles. The molecule has 0 saturated carbocycles. The van der Waals surface area contributed by atoms with Crippen molar-refractivity contribution in [1.29, 1.82) is 0 Å². The van der Waals surface area contributed by atoms with Crippen molar-refractivity contribution in [2.75, 3.05) is 0 Å². The van der Waals surface area contributed by atoms with Crippen LogP contribution in [-0.4, -0.2) is 19.7 Å². The van der Waals surface area contributed by atoms with Crippen molar-refractivity contribution in [3.63, 3.8) is 0 Å². The second-order valence-electron chi connectivity index (χ2n) is 4.37. The Morgan fingerprint density at radius 3 is 2.77 bits per heavy atom. The summed E-state index contributed by atoms with van der Waals surface area (Å²) in [5.74, 6) is 0.398. The van der Waals surface area contributed by atoms with Gasteiger partial charge in [0.25, 0.3) is 0 Å². The van der Waals surface area contributed by atoms with Crippen LogP contribution in [0.1, 0.15) is 0 Å². The predicted molar refractivity (Wildman–Crippen MR) is 78.8 cm³/mol. The summed E-state index contributed by atoms with van der Waals surface area (Å²) >= 11 is 1.52. The van der Waals surface area contributed by atoms with E-state index < -0.39 is 6.08 Å². The van der Waals surface area contributed by atoms with Gasteiger partial charge in [-0.1, -0.05) is 23.8 Å². The topological polar surface area (TPSA) is 43.6 Å². The van der Waals surface area contributed by atoms with E-state index in [2.05, 4.69) is 21.1 Å². The van der Waals surface area contributed by atoms with Crippen LogP contribution in [0, 0.1) is 12.1 Å². The number of rotatable bonds is 2. The zero-order chi connectivity index (χ0) is 14.2. The van der Waals surface area contributed by atoms with Gasteiger partial charge in [0.2, 0.25) is 0 Å². The zero-order valence-corrected chi connectivity index (χ0v) is 14.2. The molecule has 2 aromatic carbocycles. The molecule has 0 aliphatic heterocycles. The zero-order valence-electron chi connectivity index (χ0n) is 11.0. The summed E-state index contributed by atoms with van der Waals surface area (Å²) in [6.45, 7) is 0. The number of halogens is 1. The smallest absolute Gasteiger partial charge is 0.293 e. The van der Waals surface area contributed by atoms with E-state index in [1.165, 1.54) is 16.0 Å². The summed E-state index contributed by atoms with van der Waals surface area (Å²) in [5, 5.41) is 3.84. The van der Waals surface area contributed by atoms with Gasteiger partial charge in [0.1, 0.15) is 0 Å². The molecule has 0 aliphatic rings. The van der Waals surface area contributed by atoms with Gasteiger partial charge in [-0.2, -0.15) is 4.39 Å². The Labute approximate surface area is 143 Å². The number of hydrogen-bond donors (Lipinski definition) is 0. The van der Waals surface area contributed by atoms with E-state index in [-0.39, 0.29) is 20.1 Å². The average Bonchev–Trinajstić information content (AvgIpc) is 3.14. The second kappa shape index (κ2) is 6.04. The van der Waals surface area contributed by atoms with E-state index in [9.17, 15) is 4.39 Å². The molecule has 0 unspecified atom stereocenters. The fraction of sp³-hybridized carbons (Fsp3) is 0. The van der Waals surface area contributed by atoms with E-state index >= 15 is 0 Å². The molecule has 1 radical (unpaired) electrons. The first-order valence-electron chi connectivity index (χ1n) is 6.25. The summed E-state index contributed by atoms with van der Waals surface area (Å²) in [4.78, 5) is 8.23. The molecule has 0 saturated heterocycles. The van der Waals surface area contributed by atoms with E-state index in [0.29, 0.717) is 11.4 Å². The molecule has 0 atom stereocenters. The van der Waals surface area contributed by atoms with Crippen LogP contribution >= 0.6 is 11.3 Å². The van der Waals surface area contributed by atoms with Crippen LogP contribution in [-0.2, 0) is 20.1 Å². The van der Waals surface area contributed by atoms with Gasteiger partial charge in [0, 0.05) is 25.6 Å². The largest absolute Gasteiger partial charge is 0.317 e. The second-order valence-corrected chi connectivity index (χ2v) is 5.26. The molecule has 0 bridgehead atoms. The van der Waals surface area contributed by atoms with Crippen LogP contribution in [0.2, 0.25) is 0 Å². The Morgan fingerprint density at radius 2 is 1.95 bits per heavy atom. The van der Waals surface area contributed by atoms with Gasteiger partial charge in [0.05, 0.1) is 17.0 Å². The van der Waals surface area contributed by atoms with E-state index in [0.717, 1.165) is 15.9 Å². The maximum Gasteiger partial charge on any atom is 0.317 e. The van der Waals surface area contributed by atoms with Crippen LogP contribution in [0.25, 0.3) is 27.3 Å². The number of hydrogen-bond acceptors (Lipinski definition) is 4. The first-order valence-corrected chi connectivity index (χ1v) is 7.13. The minimum Gasteiger partial charge on any atom is -0.293 e. The molecule has 0 N–H and O–H groups in total. The summed E-state index contributed by atoms with van der Waals surface area (Å²) in [6.07, 6.45) is -0.769. The van der Waals surface area contributed by atoms with Gasteiger partial charge in [-0.3, -0.25) is 9.67 Å². The monoisotopic (exact) mass is 488 g/mol. The van der Waals surface area contributed by atoms with Gasteiger partial charge in [-0.25, -0.2) is 4.98 Å². The molecule has 0 spiro atoms. The minimum atomic E-state index is -0.769. The summed E-state index contributed by atoms with van der Waals surface area (Å²) in [6, 6.07) is 16.1. The number of benzene rings is 2. The molecule has 0 amide bonds. The summed E-state index contributed by atoms with van der Waals surface area (Å²) in [5.41, 5.74) is 3.90. The van der Waals surface area contributed by atoms with Gasteiger partial charge in [0.15, 0.2) is 0 Å². The Hall–Kier alpha value is -1.95. The summed E-state index contributed by atoms with van der Waals surface area (Å²) < 4.78 is 16.1. The number of fused-ring (bicyclic) bond motifs is 1. The molecular formula is C15H8FIrN4S-. The van der Waals surface area contributed by atoms with E-state index in [4.69, 9.17) is 0 Å². The standard InChI is InChI=1S/C15H8FN4S.Ir/c16-15-18-14(20(19-15)10-5-2-1-3-6-10)11-7-4-8-12-13(11)17-9-21-12;/h1-6,8-9H;/q-1;. The fourth-order valence-electron chi connectivity index (χ4n) is 2.20. The average molecular weight is 488 g/mol. The van der Waals surface area contributed by atoms with Crippen molar-refractivity contribution in [2.45, 2.75) is 0 Å². The number of nitrogens with zero attached hydrogens (tertiary/aromatic N) is 4. The SMILES string of the molecule is Fc1nc(-c2[c-]ccc3scnc23)n(-c2ccccc2)n1.[Ir]. The van der Waals surface area contributed by atoms with Crippen molar-refractivity contribution in [3.8, 4) is 17.1 Å². The van der Waals surface area contributed by atoms with Crippen molar-refractivity contribution in [3.05, 3.63) is 60.1 Å². The van der Waals surface area contributed by atoms with Crippen molar-refractivity contribution >= 4 is 21.6 Å². The van der Waals surface area contributed by atoms with Gasteiger partial charge < -0.3 is 0 Å². The van der Waals surface area contributed by atoms with E-state index in [1.807, 2.05) is 36.4 Å². The molecule has 22 heavy (non-hydrogen) atoms. The third-order valence-electron chi connectivity index (χ3n) is 3.10. The molecule has 4 nitrogen and oxygen atoms in total. The number of aromatic nitrogens is 4. The molecule has 2 aromatic heterocycles. The maximum absolute atomic E-state index is 13.6. The van der Waals surface area contributed by atoms with Crippen LogP contribution in [0.3, 0.4) is 0 Å². The minimum absolute atomic E-state index is 0. The van der Waals surface area contributed by atoms with Crippen LogP contribution in [0.4, 0.5) is 4.39 Å². The quantitative estimate of drug-likeness (QED) is 0.407. The normalized spacial score (nSPS) is 10.6. The Bertz CT molecular complexity index is 920. The molecule has 0 fully saturated rings. The Kier molecular flexibility index (Phi) is 4.11. The third kappa shape index (κ3) is 2.47. The Morgan fingerprint density at radius 1 is 1.14 bits per heavy atom. The van der Waals surface area contributed by atoms with Gasteiger partial charge in [-0.05, 0) is 16.8 Å². The maximum atomic E-state index is 13.6. The fourth-order valence-corrected chi connectivity index (χ4v) is 2.88. The summed E-state index contributed by atoms with van der Waals surface area (Å²) in [7, 11) is 0. The van der Waals surface area contributed by atoms with Crippen LogP contribution < -0.4 is 0 Å². The molecule has 2 heterocycles. The van der Waals surface area contributed by atoms with E-state index in [1.54, 1.807) is 11.6 Å². The molecule has 4 rings (SSSR count). The van der Waals surface area contributed by atoms with Crippen molar-refractivity contribution in [2.24, 2.45) is 0 Å². The Balaban J connectivity index is 0.00000144. The predicted octanol–water partition coefficient (Wildman–Crippen LogP) is 3.48. The molecule has 111 valence electrons. The molecule has 7 heteroatoms. The van der Waals surface area contributed by atoms with Crippen molar-refractivity contribution < 1.29 is 24.5 Å². The number of thiazole rings is 1. The number of para-hydroxylation sites is 1. The first-order chi connectivity index (χ1) is 10.3. The van der Waals surface area contributed by atoms with Gasteiger partial charge >= 0.3 is 6.08 Å². The molecule has 4 aromatic rings. The third-order valence-corrected chi connectivity index (χ3v) is 3.89. The van der Waals surface area contributed by atoms with Crippen molar-refractivity contribution in [1.82, 2.24) is 19.7 Å². The van der Waals surface area contributed by atoms with Gasteiger partial charge in [-0.15, -0.1) is 34.6 Å².